The van der Waals surface area contributed by atoms with Crippen molar-refractivity contribution in [2.24, 2.45) is 5.92 Å². The molecule has 5 heteroatoms. The number of esters is 1. The van der Waals surface area contributed by atoms with E-state index in [4.69, 9.17) is 4.74 Å². The van der Waals surface area contributed by atoms with Gasteiger partial charge in [0.25, 0.3) is 5.91 Å². The third kappa shape index (κ3) is 5.64. The largest absolute Gasteiger partial charge is 0.494 e. The number of ether oxygens (including phenoxy) is 2. The van der Waals surface area contributed by atoms with Crippen molar-refractivity contribution in [1.29, 1.82) is 0 Å². The van der Waals surface area contributed by atoms with Crippen LogP contribution in [0.2, 0.25) is 0 Å². The molecule has 0 aliphatic heterocycles. The first-order chi connectivity index (χ1) is 12.0. The van der Waals surface area contributed by atoms with Crippen molar-refractivity contribution in [3.63, 3.8) is 0 Å². The van der Waals surface area contributed by atoms with Crippen molar-refractivity contribution < 1.29 is 19.1 Å². The lowest BCUT2D eigenvalue weighted by Gasteiger charge is -2.10. The number of hydrogen-bond donors (Lipinski definition) is 1. The standard InChI is InChI=1S/C20H23NO4/c1-14(2)10-11-25-18-9-5-8-17(13-18)21-19(22)15-6-4-7-16(12-15)20(23)24-3/h4-9,12-14H,10-11H2,1-3H3,(H,21,22). The van der Waals surface area contributed by atoms with Crippen molar-refractivity contribution >= 4 is 17.6 Å². The average molecular weight is 341 g/mol. The first-order valence-corrected chi connectivity index (χ1v) is 8.22. The number of amides is 1. The summed E-state index contributed by atoms with van der Waals surface area (Å²) < 4.78 is 10.4. The SMILES string of the molecule is COC(=O)c1cccc(C(=O)Nc2cccc(OCCC(C)C)c2)c1. The van der Waals surface area contributed by atoms with Crippen LogP contribution in [0.25, 0.3) is 0 Å². The number of carbonyl (C=O) groups excluding carboxylic acids is 2. The molecule has 2 rings (SSSR count). The molecule has 2 aromatic rings. The van der Waals surface area contributed by atoms with Crippen LogP contribution in [0, 0.1) is 5.92 Å². The molecule has 0 bridgehead atoms. The second-order valence-corrected chi connectivity index (χ2v) is 6.09. The monoisotopic (exact) mass is 341 g/mol. The van der Waals surface area contributed by atoms with E-state index in [1.165, 1.54) is 13.2 Å². The van der Waals surface area contributed by atoms with E-state index < -0.39 is 5.97 Å². The Morgan fingerprint density at radius 2 is 1.76 bits per heavy atom. The zero-order valence-corrected chi connectivity index (χ0v) is 14.7. The van der Waals surface area contributed by atoms with E-state index in [-0.39, 0.29) is 5.91 Å². The van der Waals surface area contributed by atoms with Gasteiger partial charge in [-0.15, -0.1) is 0 Å². The summed E-state index contributed by atoms with van der Waals surface area (Å²) in [5, 5.41) is 2.81. The first-order valence-electron chi connectivity index (χ1n) is 8.22. The van der Waals surface area contributed by atoms with Gasteiger partial charge in [0.05, 0.1) is 19.3 Å². The van der Waals surface area contributed by atoms with Gasteiger partial charge in [-0.1, -0.05) is 26.0 Å². The molecule has 1 amide bonds. The van der Waals surface area contributed by atoms with Crippen molar-refractivity contribution in [2.75, 3.05) is 19.0 Å². The maximum Gasteiger partial charge on any atom is 0.337 e. The van der Waals surface area contributed by atoms with E-state index in [0.717, 1.165) is 6.42 Å². The summed E-state index contributed by atoms with van der Waals surface area (Å²) in [5.74, 6) is 0.506. The lowest BCUT2D eigenvalue weighted by atomic mass is 10.1. The van der Waals surface area contributed by atoms with E-state index >= 15 is 0 Å². The molecule has 0 aliphatic carbocycles. The molecular formula is C20H23NO4. The Hall–Kier alpha value is -2.82. The topological polar surface area (TPSA) is 64.6 Å². The van der Waals surface area contributed by atoms with Crippen LogP contribution < -0.4 is 10.1 Å². The molecule has 0 radical (unpaired) electrons. The Morgan fingerprint density at radius 3 is 2.48 bits per heavy atom. The van der Waals surface area contributed by atoms with Crippen LogP contribution >= 0.6 is 0 Å². The summed E-state index contributed by atoms with van der Waals surface area (Å²) in [5.41, 5.74) is 1.35. The Labute approximate surface area is 148 Å². The maximum atomic E-state index is 12.4. The zero-order chi connectivity index (χ0) is 18.2. The zero-order valence-electron chi connectivity index (χ0n) is 14.7. The van der Waals surface area contributed by atoms with Crippen molar-refractivity contribution in [2.45, 2.75) is 20.3 Å². The van der Waals surface area contributed by atoms with E-state index in [1.54, 1.807) is 30.3 Å². The minimum atomic E-state index is -0.477. The molecule has 0 heterocycles. The van der Waals surface area contributed by atoms with Crippen LogP contribution in [0.1, 0.15) is 41.0 Å². The van der Waals surface area contributed by atoms with Crippen molar-refractivity contribution in [3.8, 4) is 5.75 Å². The Morgan fingerprint density at radius 1 is 1.04 bits per heavy atom. The predicted molar refractivity (Wildman–Crippen MR) is 97.1 cm³/mol. The number of nitrogens with one attached hydrogen (secondary N) is 1. The smallest absolute Gasteiger partial charge is 0.337 e. The molecular weight excluding hydrogens is 318 g/mol. The second-order valence-electron chi connectivity index (χ2n) is 6.09. The Kier molecular flexibility index (Phi) is 6.57. The first kappa shape index (κ1) is 18.5. The van der Waals surface area contributed by atoms with Crippen molar-refractivity contribution in [3.05, 3.63) is 59.7 Å². The third-order valence-corrected chi connectivity index (χ3v) is 3.60. The summed E-state index contributed by atoms with van der Waals surface area (Å²) in [6.07, 6.45) is 0.969. The van der Waals surface area contributed by atoms with Gasteiger partial charge in [0.15, 0.2) is 0 Å². The fourth-order valence-electron chi connectivity index (χ4n) is 2.18. The second kappa shape index (κ2) is 8.87. The highest BCUT2D eigenvalue weighted by Crippen LogP contribution is 2.19. The highest BCUT2D eigenvalue weighted by Gasteiger charge is 2.11. The van der Waals surface area contributed by atoms with E-state index in [9.17, 15) is 9.59 Å². The fourth-order valence-corrected chi connectivity index (χ4v) is 2.18. The van der Waals surface area contributed by atoms with E-state index in [1.807, 2.05) is 12.1 Å². The van der Waals surface area contributed by atoms with Gasteiger partial charge < -0.3 is 14.8 Å². The molecule has 0 unspecified atom stereocenters. The minimum absolute atomic E-state index is 0.301. The number of anilines is 1. The van der Waals surface area contributed by atoms with E-state index in [2.05, 4.69) is 23.9 Å². The highest BCUT2D eigenvalue weighted by atomic mass is 16.5. The summed E-state index contributed by atoms with van der Waals surface area (Å²) in [7, 11) is 1.31. The van der Waals surface area contributed by atoms with Crippen LogP contribution in [0.3, 0.4) is 0 Å². The molecule has 1 N–H and O–H groups in total. The summed E-state index contributed by atoms with van der Waals surface area (Å²) in [4.78, 5) is 24.0. The van der Waals surface area contributed by atoms with Crippen molar-refractivity contribution in [1.82, 2.24) is 0 Å². The number of hydrogen-bond acceptors (Lipinski definition) is 4. The van der Waals surface area contributed by atoms with E-state index in [0.29, 0.717) is 35.1 Å². The molecule has 25 heavy (non-hydrogen) atoms. The lowest BCUT2D eigenvalue weighted by molar-refractivity contribution is 0.0600. The van der Waals surface area contributed by atoms with Crippen LogP contribution in [0.4, 0.5) is 5.69 Å². The molecule has 5 nitrogen and oxygen atoms in total. The summed E-state index contributed by atoms with van der Waals surface area (Å²) in [6.45, 7) is 4.92. The predicted octanol–water partition coefficient (Wildman–Crippen LogP) is 4.15. The van der Waals surface area contributed by atoms with Gasteiger partial charge in [-0.2, -0.15) is 0 Å². The number of benzene rings is 2. The van der Waals surface area contributed by atoms with Gasteiger partial charge in [0.2, 0.25) is 0 Å². The molecule has 2 aromatic carbocycles. The number of carbonyl (C=O) groups is 2. The van der Waals surface area contributed by atoms with Gasteiger partial charge in [-0.3, -0.25) is 4.79 Å². The average Bonchev–Trinajstić information content (AvgIpc) is 2.61. The van der Waals surface area contributed by atoms with Crippen LogP contribution in [0.5, 0.6) is 5.75 Å². The number of rotatable bonds is 7. The quantitative estimate of drug-likeness (QED) is 0.768. The normalized spacial score (nSPS) is 10.4. The van der Waals surface area contributed by atoms with Crippen LogP contribution in [0.15, 0.2) is 48.5 Å². The number of methoxy groups -OCH3 is 1. The molecule has 0 fully saturated rings. The van der Waals surface area contributed by atoms with Gasteiger partial charge >= 0.3 is 5.97 Å². The summed E-state index contributed by atoms with van der Waals surface area (Å²) in [6, 6.07) is 13.6. The Balaban J connectivity index is 2.04. The van der Waals surface area contributed by atoms with Gasteiger partial charge in [-0.05, 0) is 42.7 Å². The molecule has 0 atom stereocenters. The molecule has 0 saturated carbocycles. The summed E-state index contributed by atoms with van der Waals surface area (Å²) >= 11 is 0. The molecule has 0 saturated heterocycles. The third-order valence-electron chi connectivity index (χ3n) is 3.60. The van der Waals surface area contributed by atoms with Gasteiger partial charge in [0.1, 0.15) is 5.75 Å². The highest BCUT2D eigenvalue weighted by molar-refractivity contribution is 6.05. The molecule has 0 aromatic heterocycles. The maximum absolute atomic E-state index is 12.4. The molecule has 0 aliphatic rings. The minimum Gasteiger partial charge on any atom is -0.494 e. The van der Waals surface area contributed by atoms with Crippen LogP contribution in [-0.2, 0) is 4.74 Å². The molecule has 132 valence electrons. The van der Waals surface area contributed by atoms with Crippen LogP contribution in [-0.4, -0.2) is 25.6 Å². The molecule has 0 spiro atoms. The fraction of sp³-hybridized carbons (Fsp3) is 0.300. The van der Waals surface area contributed by atoms with Gasteiger partial charge in [-0.25, -0.2) is 4.79 Å². The Bertz CT molecular complexity index is 740. The van der Waals surface area contributed by atoms with Gasteiger partial charge in [0, 0.05) is 17.3 Å². The lowest BCUT2D eigenvalue weighted by Crippen LogP contribution is -2.13.